The maximum atomic E-state index is 11.8. The molecule has 2 nitrogen and oxygen atoms in total. The Kier molecular flexibility index (Phi) is 5.24. The smallest absolute Gasteiger partial charge is 0.153 e. The number of alkyl halides is 1. The average molecular weight is 239 g/mol. The van der Waals surface area contributed by atoms with Gasteiger partial charge in [0.25, 0.3) is 0 Å². The van der Waals surface area contributed by atoms with Gasteiger partial charge in [0.05, 0.1) is 11.0 Å². The van der Waals surface area contributed by atoms with Gasteiger partial charge in [0.15, 0.2) is 9.84 Å². The molecule has 0 N–H and O–H groups in total. The highest BCUT2D eigenvalue weighted by Gasteiger charge is 2.27. The minimum absolute atomic E-state index is 0.0292. The van der Waals surface area contributed by atoms with Crippen LogP contribution >= 0.6 is 11.6 Å². The van der Waals surface area contributed by atoms with E-state index in [0.29, 0.717) is 11.6 Å². The fraction of sp³-hybridized carbons (Fsp3) is 1.00. The van der Waals surface area contributed by atoms with Crippen molar-refractivity contribution in [2.45, 2.75) is 50.2 Å². The molecule has 1 aliphatic carbocycles. The Morgan fingerprint density at radius 2 is 1.71 bits per heavy atom. The van der Waals surface area contributed by atoms with Crippen LogP contribution in [-0.4, -0.2) is 25.3 Å². The Bertz CT molecular complexity index is 243. The van der Waals surface area contributed by atoms with Crippen LogP contribution in [0.1, 0.15) is 44.9 Å². The van der Waals surface area contributed by atoms with Crippen LogP contribution < -0.4 is 0 Å². The normalized spacial score (nSPS) is 18.9. The molecule has 14 heavy (non-hydrogen) atoms. The molecule has 1 aliphatic rings. The predicted octanol–water partition coefficient (Wildman–Crippen LogP) is 2.75. The van der Waals surface area contributed by atoms with Crippen LogP contribution in [0.4, 0.5) is 0 Å². The molecule has 0 aliphatic heterocycles. The molecule has 0 atom stereocenters. The van der Waals surface area contributed by atoms with Crippen molar-refractivity contribution in [2.24, 2.45) is 0 Å². The number of halogens is 1. The maximum Gasteiger partial charge on any atom is 0.153 e. The number of hydrogen-bond donors (Lipinski definition) is 0. The highest BCUT2D eigenvalue weighted by atomic mass is 35.5. The lowest BCUT2D eigenvalue weighted by molar-refractivity contribution is 0.575. The summed E-state index contributed by atoms with van der Waals surface area (Å²) < 4.78 is 23.5. The second-order valence-corrected chi connectivity index (χ2v) is 6.80. The van der Waals surface area contributed by atoms with Crippen molar-refractivity contribution in [3.05, 3.63) is 0 Å². The summed E-state index contributed by atoms with van der Waals surface area (Å²) in [4.78, 5) is 0. The largest absolute Gasteiger partial charge is 0.229 e. The van der Waals surface area contributed by atoms with Gasteiger partial charge in [-0.1, -0.05) is 19.3 Å². The van der Waals surface area contributed by atoms with Crippen molar-refractivity contribution in [3.63, 3.8) is 0 Å². The van der Waals surface area contributed by atoms with Crippen LogP contribution in [0, 0.1) is 0 Å². The summed E-state index contributed by atoms with van der Waals surface area (Å²) >= 11 is 5.53. The Morgan fingerprint density at radius 1 is 1.07 bits per heavy atom. The van der Waals surface area contributed by atoms with Gasteiger partial charge in [-0.25, -0.2) is 8.42 Å². The molecule has 0 saturated heterocycles. The predicted molar refractivity (Wildman–Crippen MR) is 60.6 cm³/mol. The van der Waals surface area contributed by atoms with E-state index >= 15 is 0 Å². The van der Waals surface area contributed by atoms with Crippen LogP contribution in [-0.2, 0) is 9.84 Å². The molecule has 0 aromatic rings. The van der Waals surface area contributed by atoms with Gasteiger partial charge in [-0.3, -0.25) is 0 Å². The third-order valence-corrected chi connectivity index (χ3v) is 5.48. The van der Waals surface area contributed by atoms with Gasteiger partial charge in [-0.05, 0) is 25.7 Å². The molecule has 0 aromatic carbocycles. The molecule has 0 radical (unpaired) electrons. The SMILES string of the molecule is O=S(=O)(CCCCCCl)C1CCCC1. The van der Waals surface area contributed by atoms with E-state index in [9.17, 15) is 8.42 Å². The van der Waals surface area contributed by atoms with Gasteiger partial charge in [0.2, 0.25) is 0 Å². The summed E-state index contributed by atoms with van der Waals surface area (Å²) in [5.74, 6) is 1.01. The molecule has 0 aromatic heterocycles. The third kappa shape index (κ3) is 3.77. The summed E-state index contributed by atoms with van der Waals surface area (Å²) in [5, 5.41) is -0.0292. The fourth-order valence-electron chi connectivity index (χ4n) is 1.99. The molecule has 0 heterocycles. The van der Waals surface area contributed by atoms with Crippen LogP contribution in [0.3, 0.4) is 0 Å². The van der Waals surface area contributed by atoms with Gasteiger partial charge >= 0.3 is 0 Å². The van der Waals surface area contributed by atoms with E-state index in [4.69, 9.17) is 11.6 Å². The minimum atomic E-state index is -2.78. The van der Waals surface area contributed by atoms with Gasteiger partial charge in [-0.15, -0.1) is 11.6 Å². The highest BCUT2D eigenvalue weighted by Crippen LogP contribution is 2.25. The Balaban J connectivity index is 2.26. The zero-order valence-corrected chi connectivity index (χ0v) is 10.1. The van der Waals surface area contributed by atoms with Crippen LogP contribution in [0.2, 0.25) is 0 Å². The van der Waals surface area contributed by atoms with Gasteiger partial charge in [-0.2, -0.15) is 0 Å². The number of unbranched alkanes of at least 4 members (excludes halogenated alkanes) is 2. The summed E-state index contributed by atoms with van der Waals surface area (Å²) in [5.41, 5.74) is 0. The lowest BCUT2D eigenvalue weighted by Crippen LogP contribution is -2.20. The zero-order chi connectivity index (χ0) is 10.4. The van der Waals surface area contributed by atoms with Crippen LogP contribution in [0.25, 0.3) is 0 Å². The standard InChI is InChI=1S/C10H19ClO2S/c11-8-4-1-5-9-14(12,13)10-6-2-3-7-10/h10H,1-9H2. The molecule has 1 fully saturated rings. The molecule has 84 valence electrons. The second-order valence-electron chi connectivity index (χ2n) is 4.02. The molecule has 0 bridgehead atoms. The quantitative estimate of drug-likeness (QED) is 0.527. The first-order valence-corrected chi connectivity index (χ1v) is 7.69. The molecule has 1 rings (SSSR count). The summed E-state index contributed by atoms with van der Waals surface area (Å²) in [6.45, 7) is 0. The third-order valence-electron chi connectivity index (χ3n) is 2.87. The van der Waals surface area contributed by atoms with Crippen molar-refractivity contribution < 1.29 is 8.42 Å². The average Bonchev–Trinajstić information content (AvgIpc) is 2.65. The first-order valence-electron chi connectivity index (χ1n) is 5.44. The van der Waals surface area contributed by atoms with Gasteiger partial charge < -0.3 is 0 Å². The zero-order valence-electron chi connectivity index (χ0n) is 8.54. The van der Waals surface area contributed by atoms with E-state index in [0.717, 1.165) is 44.9 Å². The van der Waals surface area contributed by atoms with Crippen molar-refractivity contribution in [1.82, 2.24) is 0 Å². The molecular weight excluding hydrogens is 220 g/mol. The lowest BCUT2D eigenvalue weighted by atomic mass is 10.3. The van der Waals surface area contributed by atoms with E-state index in [2.05, 4.69) is 0 Å². The van der Waals surface area contributed by atoms with E-state index < -0.39 is 9.84 Å². The van der Waals surface area contributed by atoms with E-state index in [1.165, 1.54) is 0 Å². The molecule has 4 heteroatoms. The Hall–Kier alpha value is 0.240. The van der Waals surface area contributed by atoms with Gasteiger partial charge in [0, 0.05) is 5.88 Å². The summed E-state index contributed by atoms with van der Waals surface area (Å²) in [7, 11) is -2.78. The molecular formula is C10H19ClO2S. The topological polar surface area (TPSA) is 34.1 Å². The molecule has 0 spiro atoms. The molecule has 0 amide bonds. The van der Waals surface area contributed by atoms with E-state index in [1.54, 1.807) is 0 Å². The van der Waals surface area contributed by atoms with Crippen molar-refractivity contribution in [3.8, 4) is 0 Å². The number of hydrogen-bond acceptors (Lipinski definition) is 2. The number of rotatable bonds is 6. The first kappa shape index (κ1) is 12.3. The lowest BCUT2D eigenvalue weighted by Gasteiger charge is -2.10. The van der Waals surface area contributed by atoms with Crippen molar-refractivity contribution in [2.75, 3.05) is 11.6 Å². The van der Waals surface area contributed by atoms with Crippen LogP contribution in [0.15, 0.2) is 0 Å². The fourth-order valence-corrected chi connectivity index (χ4v) is 4.17. The highest BCUT2D eigenvalue weighted by molar-refractivity contribution is 7.92. The van der Waals surface area contributed by atoms with Crippen molar-refractivity contribution >= 4 is 21.4 Å². The monoisotopic (exact) mass is 238 g/mol. The van der Waals surface area contributed by atoms with E-state index in [1.807, 2.05) is 0 Å². The maximum absolute atomic E-state index is 11.8. The molecule has 1 saturated carbocycles. The van der Waals surface area contributed by atoms with Gasteiger partial charge in [0.1, 0.15) is 0 Å². The Morgan fingerprint density at radius 3 is 2.29 bits per heavy atom. The first-order chi connectivity index (χ1) is 6.67. The number of sulfone groups is 1. The van der Waals surface area contributed by atoms with Crippen molar-refractivity contribution in [1.29, 1.82) is 0 Å². The summed E-state index contributed by atoms with van der Waals surface area (Å²) in [6, 6.07) is 0. The minimum Gasteiger partial charge on any atom is -0.229 e. The Labute approximate surface area is 91.9 Å². The van der Waals surface area contributed by atoms with Crippen LogP contribution in [0.5, 0.6) is 0 Å². The van der Waals surface area contributed by atoms with E-state index in [-0.39, 0.29) is 5.25 Å². The second kappa shape index (κ2) is 5.96. The summed E-state index contributed by atoms with van der Waals surface area (Å²) in [6.07, 6.45) is 6.61. The molecule has 0 unspecified atom stereocenters.